The molecule has 0 aromatic heterocycles. The molecule has 0 radical (unpaired) electrons. The number of guanidine groups is 1. The number of methoxy groups -OCH3 is 1. The summed E-state index contributed by atoms with van der Waals surface area (Å²) in [7, 11) is 1.58. The largest absolute Gasteiger partial charge is 0.495 e. The predicted molar refractivity (Wildman–Crippen MR) is 111 cm³/mol. The van der Waals surface area contributed by atoms with Crippen LogP contribution < -0.4 is 15.8 Å². The highest BCUT2D eigenvalue weighted by Crippen LogP contribution is 2.44. The van der Waals surface area contributed by atoms with Crippen LogP contribution in [0.1, 0.15) is 17.9 Å². The summed E-state index contributed by atoms with van der Waals surface area (Å²) in [4.78, 5) is 4.51. The zero-order chi connectivity index (χ0) is 16.4. The highest BCUT2D eigenvalue weighted by molar-refractivity contribution is 14.0. The van der Waals surface area contributed by atoms with Crippen LogP contribution in [0.4, 0.5) is 5.69 Å². The van der Waals surface area contributed by atoms with E-state index in [2.05, 4.69) is 16.4 Å². The number of hydrogen-bond donors (Lipinski definition) is 2. The molecule has 3 rings (SSSR count). The van der Waals surface area contributed by atoms with Gasteiger partial charge in [0.2, 0.25) is 0 Å². The van der Waals surface area contributed by atoms with Crippen molar-refractivity contribution in [1.82, 2.24) is 0 Å². The molecule has 4 nitrogen and oxygen atoms in total. The van der Waals surface area contributed by atoms with Gasteiger partial charge in [-0.15, -0.1) is 24.0 Å². The monoisotopic (exact) mass is 477 g/mol. The van der Waals surface area contributed by atoms with Gasteiger partial charge < -0.3 is 15.8 Å². The number of nitrogens with zero attached hydrogens (tertiary/aromatic N) is 1. The molecule has 0 amide bonds. The van der Waals surface area contributed by atoms with E-state index in [4.69, 9.17) is 33.7 Å². The second kappa shape index (κ2) is 8.27. The highest BCUT2D eigenvalue weighted by atomic mass is 127. The molecule has 0 spiro atoms. The molecule has 0 saturated heterocycles. The fourth-order valence-corrected chi connectivity index (χ4v) is 2.98. The lowest BCUT2D eigenvalue weighted by molar-refractivity contribution is 0.415. The molecule has 128 valence electrons. The molecular weight excluding hydrogens is 460 g/mol. The molecule has 0 bridgehead atoms. The third-order valence-electron chi connectivity index (χ3n) is 3.76. The third-order valence-corrected chi connectivity index (χ3v) is 4.29. The van der Waals surface area contributed by atoms with Gasteiger partial charge >= 0.3 is 0 Å². The number of nitrogens with two attached hydrogens (primary N) is 1. The molecule has 1 aliphatic carbocycles. The van der Waals surface area contributed by atoms with Gasteiger partial charge in [0.15, 0.2) is 5.96 Å². The Kier molecular flexibility index (Phi) is 6.60. The SMILES string of the molecule is COc1ccc(NC(N)=NC2CC2c2cccc(Cl)c2)cc1Cl.I. The van der Waals surface area contributed by atoms with Crippen molar-refractivity contribution in [2.75, 3.05) is 12.4 Å². The number of ether oxygens (including phenoxy) is 1. The summed E-state index contributed by atoms with van der Waals surface area (Å²) in [6.07, 6.45) is 0.978. The van der Waals surface area contributed by atoms with Crippen molar-refractivity contribution >= 4 is 58.8 Å². The summed E-state index contributed by atoms with van der Waals surface area (Å²) in [5.74, 6) is 1.38. The van der Waals surface area contributed by atoms with Crippen molar-refractivity contribution in [3.05, 3.63) is 58.1 Å². The van der Waals surface area contributed by atoms with Gasteiger partial charge in [0.05, 0.1) is 18.2 Å². The molecule has 1 aliphatic rings. The second-order valence-corrected chi connectivity index (χ2v) is 6.30. The second-order valence-electron chi connectivity index (χ2n) is 5.45. The van der Waals surface area contributed by atoms with Gasteiger partial charge in [-0.25, -0.2) is 4.99 Å². The molecule has 2 aromatic carbocycles. The van der Waals surface area contributed by atoms with Crippen molar-refractivity contribution in [3.63, 3.8) is 0 Å². The van der Waals surface area contributed by atoms with Crippen LogP contribution >= 0.6 is 47.2 Å². The maximum atomic E-state index is 6.09. The van der Waals surface area contributed by atoms with E-state index in [0.29, 0.717) is 22.6 Å². The van der Waals surface area contributed by atoms with Crippen LogP contribution in [0.2, 0.25) is 10.0 Å². The molecular formula is C17H18Cl2IN3O. The number of anilines is 1. The average Bonchev–Trinajstić information content (AvgIpc) is 3.26. The molecule has 1 saturated carbocycles. The van der Waals surface area contributed by atoms with Crippen LogP contribution in [0.3, 0.4) is 0 Å². The molecule has 2 atom stereocenters. The maximum absolute atomic E-state index is 6.09. The van der Waals surface area contributed by atoms with Crippen molar-refractivity contribution in [2.45, 2.75) is 18.4 Å². The molecule has 7 heteroatoms. The van der Waals surface area contributed by atoms with Crippen LogP contribution in [0.5, 0.6) is 5.75 Å². The van der Waals surface area contributed by atoms with E-state index in [1.54, 1.807) is 19.2 Å². The van der Waals surface area contributed by atoms with Gasteiger partial charge in [-0.1, -0.05) is 35.3 Å². The van der Waals surface area contributed by atoms with Crippen molar-refractivity contribution < 1.29 is 4.74 Å². The average molecular weight is 478 g/mol. The zero-order valence-electron chi connectivity index (χ0n) is 13.0. The molecule has 1 fully saturated rings. The molecule has 2 unspecified atom stereocenters. The Labute approximate surface area is 168 Å². The first-order valence-corrected chi connectivity index (χ1v) is 8.01. The lowest BCUT2D eigenvalue weighted by Crippen LogP contribution is -2.23. The van der Waals surface area contributed by atoms with E-state index in [1.165, 1.54) is 5.56 Å². The highest BCUT2D eigenvalue weighted by Gasteiger charge is 2.38. The minimum atomic E-state index is 0. The Morgan fingerprint density at radius 2 is 2.04 bits per heavy atom. The first-order chi connectivity index (χ1) is 11.1. The number of nitrogens with one attached hydrogen (secondary N) is 1. The number of benzene rings is 2. The quantitative estimate of drug-likeness (QED) is 0.374. The Bertz CT molecular complexity index is 754. The van der Waals surface area contributed by atoms with E-state index in [0.717, 1.165) is 17.1 Å². The van der Waals surface area contributed by atoms with E-state index < -0.39 is 0 Å². The fraction of sp³-hybridized carbons (Fsp3) is 0.235. The maximum Gasteiger partial charge on any atom is 0.193 e. The number of halogens is 3. The van der Waals surface area contributed by atoms with Crippen molar-refractivity contribution in [2.24, 2.45) is 10.7 Å². The van der Waals surface area contributed by atoms with E-state index in [9.17, 15) is 0 Å². The molecule has 2 aromatic rings. The van der Waals surface area contributed by atoms with Gasteiger partial charge in [0.1, 0.15) is 5.75 Å². The summed E-state index contributed by atoms with van der Waals surface area (Å²) in [5.41, 5.74) is 7.95. The van der Waals surface area contributed by atoms with Crippen LogP contribution in [0.15, 0.2) is 47.5 Å². The summed E-state index contributed by atoms with van der Waals surface area (Å²) in [6, 6.07) is 13.4. The van der Waals surface area contributed by atoms with Crippen LogP contribution in [-0.2, 0) is 0 Å². The van der Waals surface area contributed by atoms with Gasteiger partial charge in [0, 0.05) is 16.6 Å². The topological polar surface area (TPSA) is 59.6 Å². The van der Waals surface area contributed by atoms with Gasteiger partial charge in [-0.2, -0.15) is 0 Å². The molecule has 3 N–H and O–H groups in total. The minimum absolute atomic E-state index is 0. The first-order valence-electron chi connectivity index (χ1n) is 7.26. The molecule has 0 heterocycles. The predicted octanol–water partition coefficient (Wildman–Crippen LogP) is 4.90. The summed E-state index contributed by atoms with van der Waals surface area (Å²) in [5, 5.41) is 4.32. The summed E-state index contributed by atoms with van der Waals surface area (Å²) >= 11 is 12.1. The van der Waals surface area contributed by atoms with Crippen molar-refractivity contribution in [1.29, 1.82) is 0 Å². The Morgan fingerprint density at radius 1 is 1.25 bits per heavy atom. The lowest BCUT2D eigenvalue weighted by atomic mass is 10.1. The lowest BCUT2D eigenvalue weighted by Gasteiger charge is -2.08. The van der Waals surface area contributed by atoms with E-state index >= 15 is 0 Å². The number of aliphatic imine (C=N–C) groups is 1. The first kappa shape index (κ1) is 19.1. The number of hydrogen-bond acceptors (Lipinski definition) is 2. The smallest absolute Gasteiger partial charge is 0.193 e. The third kappa shape index (κ3) is 4.68. The van der Waals surface area contributed by atoms with E-state index in [1.807, 2.05) is 24.3 Å². The zero-order valence-corrected chi connectivity index (χ0v) is 16.8. The van der Waals surface area contributed by atoms with Crippen LogP contribution in [-0.4, -0.2) is 19.1 Å². The summed E-state index contributed by atoms with van der Waals surface area (Å²) in [6.45, 7) is 0. The van der Waals surface area contributed by atoms with Gasteiger partial charge in [-0.3, -0.25) is 0 Å². The van der Waals surface area contributed by atoms with Gasteiger partial charge in [0.25, 0.3) is 0 Å². The van der Waals surface area contributed by atoms with Crippen molar-refractivity contribution in [3.8, 4) is 5.75 Å². The van der Waals surface area contributed by atoms with E-state index in [-0.39, 0.29) is 30.0 Å². The molecule has 0 aliphatic heterocycles. The number of rotatable bonds is 4. The van der Waals surface area contributed by atoms with Gasteiger partial charge in [-0.05, 0) is 42.3 Å². The summed E-state index contributed by atoms with van der Waals surface area (Å²) < 4.78 is 5.12. The Balaban J connectivity index is 0.00000208. The Hall–Kier alpha value is -1.18. The minimum Gasteiger partial charge on any atom is -0.495 e. The standard InChI is InChI=1S/C17H17Cl2N3O.HI/c1-23-16-6-5-12(8-14(16)19)21-17(20)22-15-9-13(15)10-3-2-4-11(18)7-10;/h2-8,13,15H,9H2,1H3,(H3,20,21,22);1H. The molecule has 24 heavy (non-hydrogen) atoms. The van der Waals surface area contributed by atoms with Crippen LogP contribution in [0.25, 0.3) is 0 Å². The normalized spacial score (nSPS) is 19.4. The Morgan fingerprint density at radius 3 is 2.71 bits per heavy atom. The van der Waals surface area contributed by atoms with Crippen LogP contribution in [0, 0.1) is 0 Å². The fourth-order valence-electron chi connectivity index (χ4n) is 2.52.